The highest BCUT2D eigenvalue weighted by atomic mass is 16.5. The van der Waals surface area contributed by atoms with Gasteiger partial charge >= 0.3 is 6.01 Å². The van der Waals surface area contributed by atoms with E-state index >= 15 is 0 Å². The van der Waals surface area contributed by atoms with Crippen LogP contribution in [-0.4, -0.2) is 44.5 Å². The number of hydrogen-bond donors (Lipinski definition) is 0. The highest BCUT2D eigenvalue weighted by Crippen LogP contribution is 2.19. The van der Waals surface area contributed by atoms with Crippen LogP contribution in [0.15, 0.2) is 61.2 Å². The van der Waals surface area contributed by atoms with E-state index in [2.05, 4.69) is 16.9 Å². The SMILES string of the molecule is CCc1cnc(OC2CCCN(C(=O)c3ccc(-n4cccc4)cc3)C2)nc1. The Kier molecular flexibility index (Phi) is 5.37. The first-order valence-electron chi connectivity index (χ1n) is 9.73. The summed E-state index contributed by atoms with van der Waals surface area (Å²) in [6, 6.07) is 12.0. The van der Waals surface area contributed by atoms with Crippen LogP contribution >= 0.6 is 0 Å². The molecule has 1 aliphatic heterocycles. The lowest BCUT2D eigenvalue weighted by Crippen LogP contribution is -2.44. The predicted molar refractivity (Wildman–Crippen MR) is 107 cm³/mol. The Hall–Kier alpha value is -3.15. The van der Waals surface area contributed by atoms with Crippen molar-refractivity contribution in [3.8, 4) is 11.7 Å². The van der Waals surface area contributed by atoms with Crippen molar-refractivity contribution in [1.82, 2.24) is 19.4 Å². The van der Waals surface area contributed by atoms with E-state index in [1.165, 1.54) is 0 Å². The van der Waals surface area contributed by atoms with E-state index in [1.54, 1.807) is 12.4 Å². The molecule has 1 saturated heterocycles. The van der Waals surface area contributed by atoms with E-state index in [0.717, 1.165) is 37.1 Å². The topological polar surface area (TPSA) is 60.2 Å². The van der Waals surface area contributed by atoms with Gasteiger partial charge in [0, 0.05) is 42.6 Å². The van der Waals surface area contributed by atoms with Crippen LogP contribution in [0.25, 0.3) is 5.69 Å². The maximum Gasteiger partial charge on any atom is 0.316 e. The van der Waals surface area contributed by atoms with Gasteiger partial charge in [0.1, 0.15) is 6.10 Å². The van der Waals surface area contributed by atoms with Crippen LogP contribution in [0.4, 0.5) is 0 Å². The van der Waals surface area contributed by atoms with Crippen molar-refractivity contribution in [2.75, 3.05) is 13.1 Å². The maximum absolute atomic E-state index is 12.9. The summed E-state index contributed by atoms with van der Waals surface area (Å²) in [4.78, 5) is 23.3. The Morgan fingerprint density at radius 3 is 2.54 bits per heavy atom. The molecule has 3 aromatic rings. The van der Waals surface area contributed by atoms with Gasteiger partial charge in [-0.25, -0.2) is 9.97 Å². The lowest BCUT2D eigenvalue weighted by molar-refractivity contribution is 0.0515. The molecule has 28 heavy (non-hydrogen) atoms. The van der Waals surface area contributed by atoms with Crippen LogP contribution in [-0.2, 0) is 6.42 Å². The largest absolute Gasteiger partial charge is 0.458 e. The highest BCUT2D eigenvalue weighted by molar-refractivity contribution is 5.94. The fraction of sp³-hybridized carbons (Fsp3) is 0.318. The summed E-state index contributed by atoms with van der Waals surface area (Å²) in [6.45, 7) is 3.36. The average molecular weight is 376 g/mol. The number of ether oxygens (including phenoxy) is 1. The molecule has 0 radical (unpaired) electrons. The number of aryl methyl sites for hydroxylation is 1. The van der Waals surface area contributed by atoms with Crippen molar-refractivity contribution >= 4 is 5.91 Å². The van der Waals surface area contributed by atoms with Crippen LogP contribution in [0.5, 0.6) is 6.01 Å². The zero-order valence-electron chi connectivity index (χ0n) is 16.0. The Labute approximate surface area is 164 Å². The second kappa shape index (κ2) is 8.25. The van der Waals surface area contributed by atoms with Crippen molar-refractivity contribution in [3.63, 3.8) is 0 Å². The molecule has 6 heteroatoms. The Morgan fingerprint density at radius 1 is 1.14 bits per heavy atom. The number of aromatic nitrogens is 3. The monoisotopic (exact) mass is 376 g/mol. The summed E-state index contributed by atoms with van der Waals surface area (Å²) in [5.41, 5.74) is 2.81. The van der Waals surface area contributed by atoms with Gasteiger partial charge in [-0.1, -0.05) is 6.92 Å². The molecule has 0 saturated carbocycles. The molecule has 0 aliphatic carbocycles. The van der Waals surface area contributed by atoms with Crippen molar-refractivity contribution in [2.24, 2.45) is 0 Å². The van der Waals surface area contributed by atoms with Crippen molar-refractivity contribution in [3.05, 3.63) is 72.3 Å². The molecule has 1 amide bonds. The van der Waals surface area contributed by atoms with E-state index in [4.69, 9.17) is 4.74 Å². The standard InChI is InChI=1S/C22H24N4O2/c1-2-17-14-23-22(24-15-17)28-20-6-5-13-26(16-20)21(27)18-7-9-19(10-8-18)25-11-3-4-12-25/h3-4,7-12,14-15,20H,2,5-6,13,16H2,1H3. The molecule has 6 nitrogen and oxygen atoms in total. The maximum atomic E-state index is 12.9. The molecule has 1 aliphatic rings. The molecule has 0 spiro atoms. The number of hydrogen-bond acceptors (Lipinski definition) is 4. The molecule has 1 atom stereocenters. The van der Waals surface area contributed by atoms with Crippen LogP contribution < -0.4 is 4.74 Å². The number of carbonyl (C=O) groups excluding carboxylic acids is 1. The van der Waals surface area contributed by atoms with E-state index < -0.39 is 0 Å². The van der Waals surface area contributed by atoms with Gasteiger partial charge in [-0.3, -0.25) is 4.79 Å². The molecule has 2 aromatic heterocycles. The number of piperidine rings is 1. The highest BCUT2D eigenvalue weighted by Gasteiger charge is 2.26. The van der Waals surface area contributed by atoms with Crippen LogP contribution in [0.3, 0.4) is 0 Å². The van der Waals surface area contributed by atoms with E-state index in [1.807, 2.05) is 58.3 Å². The molecule has 1 aromatic carbocycles. The first-order chi connectivity index (χ1) is 13.7. The Morgan fingerprint density at radius 2 is 1.86 bits per heavy atom. The minimum Gasteiger partial charge on any atom is -0.458 e. The second-order valence-corrected chi connectivity index (χ2v) is 7.00. The Bertz CT molecular complexity index is 905. The van der Waals surface area contributed by atoms with Crippen LogP contribution in [0.2, 0.25) is 0 Å². The fourth-order valence-corrected chi connectivity index (χ4v) is 3.42. The zero-order chi connectivity index (χ0) is 19.3. The molecule has 3 heterocycles. The van der Waals surface area contributed by atoms with E-state index in [9.17, 15) is 4.79 Å². The van der Waals surface area contributed by atoms with Gasteiger partial charge < -0.3 is 14.2 Å². The normalized spacial score (nSPS) is 16.8. The molecule has 0 bridgehead atoms. The van der Waals surface area contributed by atoms with Crippen molar-refractivity contribution in [1.29, 1.82) is 0 Å². The fourth-order valence-electron chi connectivity index (χ4n) is 3.42. The number of benzene rings is 1. The lowest BCUT2D eigenvalue weighted by atomic mass is 10.1. The molecular weight excluding hydrogens is 352 g/mol. The summed E-state index contributed by atoms with van der Waals surface area (Å²) < 4.78 is 7.94. The minimum atomic E-state index is -0.0793. The van der Waals surface area contributed by atoms with Gasteiger partial charge in [-0.15, -0.1) is 0 Å². The van der Waals surface area contributed by atoms with E-state index in [-0.39, 0.29) is 12.0 Å². The van der Waals surface area contributed by atoms with Crippen LogP contribution in [0.1, 0.15) is 35.7 Å². The molecule has 144 valence electrons. The number of nitrogens with zero attached hydrogens (tertiary/aromatic N) is 4. The zero-order valence-corrected chi connectivity index (χ0v) is 16.0. The molecule has 1 fully saturated rings. The average Bonchev–Trinajstić information content (AvgIpc) is 3.29. The van der Waals surface area contributed by atoms with E-state index in [0.29, 0.717) is 18.1 Å². The Balaban J connectivity index is 1.40. The van der Waals surface area contributed by atoms with Gasteiger partial charge in [0.2, 0.25) is 0 Å². The quantitative estimate of drug-likeness (QED) is 0.684. The predicted octanol–water partition coefficient (Wildman–Crippen LogP) is 3.51. The van der Waals surface area contributed by atoms with Crippen molar-refractivity contribution < 1.29 is 9.53 Å². The molecule has 4 rings (SSSR count). The molecule has 1 unspecified atom stereocenters. The van der Waals surface area contributed by atoms with Gasteiger partial charge in [0.15, 0.2) is 0 Å². The summed E-state index contributed by atoms with van der Waals surface area (Å²) in [5.74, 6) is 0.0367. The number of likely N-dealkylation sites (tertiary alicyclic amines) is 1. The van der Waals surface area contributed by atoms with Gasteiger partial charge in [-0.05, 0) is 61.2 Å². The number of rotatable bonds is 5. The number of carbonyl (C=O) groups is 1. The second-order valence-electron chi connectivity index (χ2n) is 7.00. The van der Waals surface area contributed by atoms with Gasteiger partial charge in [0.25, 0.3) is 5.91 Å². The van der Waals surface area contributed by atoms with Gasteiger partial charge in [-0.2, -0.15) is 0 Å². The summed E-state index contributed by atoms with van der Waals surface area (Å²) >= 11 is 0. The third-order valence-electron chi connectivity index (χ3n) is 5.04. The summed E-state index contributed by atoms with van der Waals surface area (Å²) in [7, 11) is 0. The first-order valence-corrected chi connectivity index (χ1v) is 9.73. The molecule has 0 N–H and O–H groups in total. The minimum absolute atomic E-state index is 0.0367. The van der Waals surface area contributed by atoms with Crippen LogP contribution in [0, 0.1) is 0 Å². The first kappa shape index (κ1) is 18.2. The van der Waals surface area contributed by atoms with Crippen molar-refractivity contribution in [2.45, 2.75) is 32.3 Å². The summed E-state index contributed by atoms with van der Waals surface area (Å²) in [5, 5.41) is 0. The summed E-state index contributed by atoms with van der Waals surface area (Å²) in [6.07, 6.45) is 10.2. The number of amides is 1. The lowest BCUT2D eigenvalue weighted by Gasteiger charge is -2.32. The third kappa shape index (κ3) is 4.06. The third-order valence-corrected chi connectivity index (χ3v) is 5.04. The smallest absolute Gasteiger partial charge is 0.316 e. The van der Waals surface area contributed by atoms with Gasteiger partial charge in [0.05, 0.1) is 6.54 Å². The molecular formula is C22H24N4O2.